The van der Waals surface area contributed by atoms with E-state index in [1.165, 1.54) is 5.56 Å². The van der Waals surface area contributed by atoms with Crippen molar-refractivity contribution in [3.05, 3.63) is 34.9 Å². The number of rotatable bonds is 4. The minimum atomic E-state index is -0.542. The molecule has 0 aliphatic heterocycles. The Morgan fingerprint density at radius 2 is 1.84 bits per heavy atom. The summed E-state index contributed by atoms with van der Waals surface area (Å²) < 4.78 is 0. The molecule has 0 aromatic heterocycles. The largest absolute Gasteiger partial charge is 0.289 e. The Balaban J connectivity index is 3.19. The van der Waals surface area contributed by atoms with Gasteiger partial charge in [0, 0.05) is 14.1 Å². The fourth-order valence-electron chi connectivity index (χ4n) is 2.14. The van der Waals surface area contributed by atoms with Crippen molar-refractivity contribution in [3.63, 3.8) is 0 Å². The van der Waals surface area contributed by atoms with Crippen LogP contribution in [0.1, 0.15) is 50.3 Å². The molecule has 1 aromatic rings. The lowest BCUT2D eigenvalue weighted by atomic mass is 9.79. The van der Waals surface area contributed by atoms with E-state index in [9.17, 15) is 4.79 Å². The van der Waals surface area contributed by atoms with E-state index < -0.39 is 5.41 Å². The average Bonchev–Trinajstić information content (AvgIpc) is 2.27. The molecule has 0 fully saturated rings. The Hall–Kier alpha value is -1.35. The maximum Gasteiger partial charge on any atom is 0.244 e. The van der Waals surface area contributed by atoms with Gasteiger partial charge < -0.3 is 0 Å². The van der Waals surface area contributed by atoms with Crippen LogP contribution in [-0.2, 0) is 10.2 Å². The molecule has 106 valence electrons. The van der Waals surface area contributed by atoms with Gasteiger partial charge in [0.1, 0.15) is 0 Å². The highest BCUT2D eigenvalue weighted by Crippen LogP contribution is 2.29. The standard InChI is InChI=1S/C16H26N2O/c1-11(2)13-9-8-12(3)14(10-13)16(4,5)15(19)17-18(6)7/h8-11H,1-7H3,(H,17,19). The summed E-state index contributed by atoms with van der Waals surface area (Å²) in [5, 5.41) is 1.69. The lowest BCUT2D eigenvalue weighted by molar-refractivity contribution is -0.129. The third-order valence-corrected chi connectivity index (χ3v) is 3.49. The predicted molar refractivity (Wildman–Crippen MR) is 80.1 cm³/mol. The Kier molecular flexibility index (Phi) is 4.75. The molecule has 0 saturated carbocycles. The molecule has 0 unspecified atom stereocenters. The molecule has 1 rings (SSSR count). The molecule has 0 radical (unpaired) electrons. The van der Waals surface area contributed by atoms with E-state index in [2.05, 4.69) is 44.4 Å². The number of aryl methyl sites for hydroxylation is 1. The zero-order chi connectivity index (χ0) is 14.8. The molecule has 0 spiro atoms. The van der Waals surface area contributed by atoms with E-state index in [4.69, 9.17) is 0 Å². The van der Waals surface area contributed by atoms with E-state index in [1.807, 2.05) is 27.9 Å². The number of amides is 1. The molecule has 3 nitrogen and oxygen atoms in total. The Bertz CT molecular complexity index is 462. The van der Waals surface area contributed by atoms with Crippen molar-refractivity contribution in [1.29, 1.82) is 0 Å². The maximum atomic E-state index is 12.4. The van der Waals surface area contributed by atoms with Gasteiger partial charge in [-0.15, -0.1) is 0 Å². The molecule has 1 N–H and O–H groups in total. The van der Waals surface area contributed by atoms with E-state index in [0.29, 0.717) is 5.92 Å². The molecule has 0 atom stereocenters. The Morgan fingerprint density at radius 3 is 2.32 bits per heavy atom. The van der Waals surface area contributed by atoms with Crippen molar-refractivity contribution in [1.82, 2.24) is 10.4 Å². The molecule has 1 amide bonds. The molecule has 0 bridgehead atoms. The summed E-state index contributed by atoms with van der Waals surface area (Å²) in [4.78, 5) is 12.4. The van der Waals surface area contributed by atoms with Crippen molar-refractivity contribution in [3.8, 4) is 0 Å². The molecule has 0 saturated heterocycles. The fraction of sp³-hybridized carbons (Fsp3) is 0.562. The average molecular weight is 262 g/mol. The summed E-state index contributed by atoms with van der Waals surface area (Å²) in [5.41, 5.74) is 5.83. The van der Waals surface area contributed by atoms with E-state index in [0.717, 1.165) is 11.1 Å². The zero-order valence-electron chi connectivity index (χ0n) is 13.2. The third-order valence-electron chi connectivity index (χ3n) is 3.49. The summed E-state index contributed by atoms with van der Waals surface area (Å²) in [7, 11) is 3.65. The number of hydrazine groups is 1. The van der Waals surface area contributed by atoms with E-state index in [1.54, 1.807) is 5.01 Å². The molecular weight excluding hydrogens is 236 g/mol. The highest BCUT2D eigenvalue weighted by molar-refractivity contribution is 5.87. The lowest BCUT2D eigenvalue weighted by Gasteiger charge is -2.28. The van der Waals surface area contributed by atoms with Gasteiger partial charge in [-0.2, -0.15) is 0 Å². The molecule has 0 aliphatic rings. The van der Waals surface area contributed by atoms with Gasteiger partial charge in [-0.3, -0.25) is 10.2 Å². The van der Waals surface area contributed by atoms with Crippen LogP contribution in [-0.4, -0.2) is 25.0 Å². The maximum absolute atomic E-state index is 12.4. The minimum absolute atomic E-state index is 0.0153. The minimum Gasteiger partial charge on any atom is -0.289 e. The van der Waals surface area contributed by atoms with Crippen LogP contribution in [0.5, 0.6) is 0 Å². The highest BCUT2D eigenvalue weighted by atomic mass is 16.2. The number of carbonyl (C=O) groups excluding carboxylic acids is 1. The smallest absolute Gasteiger partial charge is 0.244 e. The molecule has 3 heteroatoms. The first-order valence-corrected chi connectivity index (χ1v) is 6.75. The van der Waals surface area contributed by atoms with Crippen molar-refractivity contribution in [2.75, 3.05) is 14.1 Å². The highest BCUT2D eigenvalue weighted by Gasteiger charge is 2.31. The number of benzene rings is 1. The van der Waals surface area contributed by atoms with Crippen molar-refractivity contribution < 1.29 is 4.79 Å². The first-order valence-electron chi connectivity index (χ1n) is 6.75. The second kappa shape index (κ2) is 5.74. The first-order chi connectivity index (χ1) is 8.66. The normalized spacial score (nSPS) is 12.1. The Labute approximate surface area is 117 Å². The van der Waals surface area contributed by atoms with Crippen LogP contribution in [0.2, 0.25) is 0 Å². The van der Waals surface area contributed by atoms with Crippen LogP contribution >= 0.6 is 0 Å². The second-order valence-electron chi connectivity index (χ2n) is 6.19. The van der Waals surface area contributed by atoms with Gasteiger partial charge in [0.05, 0.1) is 5.41 Å². The van der Waals surface area contributed by atoms with Gasteiger partial charge in [-0.05, 0) is 43.4 Å². The van der Waals surface area contributed by atoms with Crippen LogP contribution in [0.4, 0.5) is 0 Å². The lowest BCUT2D eigenvalue weighted by Crippen LogP contribution is -2.46. The summed E-state index contributed by atoms with van der Waals surface area (Å²) in [5.74, 6) is 0.480. The SMILES string of the molecule is Cc1ccc(C(C)C)cc1C(C)(C)C(=O)NN(C)C. The number of hydrogen-bond acceptors (Lipinski definition) is 2. The molecular formula is C16H26N2O. The zero-order valence-corrected chi connectivity index (χ0v) is 13.2. The number of nitrogens with one attached hydrogen (secondary N) is 1. The van der Waals surface area contributed by atoms with Gasteiger partial charge in [-0.1, -0.05) is 32.0 Å². The number of nitrogens with zero attached hydrogens (tertiary/aromatic N) is 1. The summed E-state index contributed by atoms with van der Waals surface area (Å²) in [6.07, 6.45) is 0. The van der Waals surface area contributed by atoms with Gasteiger partial charge >= 0.3 is 0 Å². The third kappa shape index (κ3) is 3.57. The number of carbonyl (C=O) groups is 1. The number of hydrogen-bond donors (Lipinski definition) is 1. The Morgan fingerprint density at radius 1 is 1.26 bits per heavy atom. The molecule has 0 aliphatic carbocycles. The molecule has 1 aromatic carbocycles. The van der Waals surface area contributed by atoms with Crippen molar-refractivity contribution >= 4 is 5.91 Å². The van der Waals surface area contributed by atoms with Crippen LogP contribution in [0.3, 0.4) is 0 Å². The van der Waals surface area contributed by atoms with Crippen molar-refractivity contribution in [2.24, 2.45) is 0 Å². The van der Waals surface area contributed by atoms with Crippen LogP contribution in [0.15, 0.2) is 18.2 Å². The summed E-state index contributed by atoms with van der Waals surface area (Å²) in [6.45, 7) is 10.3. The van der Waals surface area contributed by atoms with Crippen LogP contribution in [0.25, 0.3) is 0 Å². The monoisotopic (exact) mass is 262 g/mol. The quantitative estimate of drug-likeness (QED) is 0.846. The summed E-state index contributed by atoms with van der Waals surface area (Å²) in [6, 6.07) is 6.41. The van der Waals surface area contributed by atoms with E-state index in [-0.39, 0.29) is 5.91 Å². The topological polar surface area (TPSA) is 32.3 Å². The van der Waals surface area contributed by atoms with Gasteiger partial charge in [0.15, 0.2) is 0 Å². The van der Waals surface area contributed by atoms with Crippen LogP contribution < -0.4 is 5.43 Å². The fourth-order valence-corrected chi connectivity index (χ4v) is 2.14. The predicted octanol–water partition coefficient (Wildman–Crippen LogP) is 2.99. The van der Waals surface area contributed by atoms with Gasteiger partial charge in [0.25, 0.3) is 0 Å². The molecule has 0 heterocycles. The van der Waals surface area contributed by atoms with Gasteiger partial charge in [0.2, 0.25) is 5.91 Å². The first kappa shape index (κ1) is 15.7. The van der Waals surface area contributed by atoms with Crippen molar-refractivity contribution in [2.45, 2.75) is 46.0 Å². The molecule has 19 heavy (non-hydrogen) atoms. The second-order valence-corrected chi connectivity index (χ2v) is 6.19. The van der Waals surface area contributed by atoms with Crippen LogP contribution in [0, 0.1) is 6.92 Å². The summed E-state index contributed by atoms with van der Waals surface area (Å²) >= 11 is 0. The van der Waals surface area contributed by atoms with Gasteiger partial charge in [-0.25, -0.2) is 5.01 Å². The van der Waals surface area contributed by atoms with E-state index >= 15 is 0 Å².